The highest BCUT2D eigenvalue weighted by Crippen LogP contribution is 2.60. The van der Waals surface area contributed by atoms with Gasteiger partial charge in [0.05, 0.1) is 0 Å². The lowest BCUT2D eigenvalue weighted by Crippen LogP contribution is -2.48. The zero-order chi connectivity index (χ0) is 23.0. The number of rotatable bonds is 8. The first kappa shape index (κ1) is 22.6. The van der Waals surface area contributed by atoms with E-state index in [2.05, 4.69) is 59.5 Å². The van der Waals surface area contributed by atoms with Crippen LogP contribution in [0.2, 0.25) is 0 Å². The second-order valence-electron chi connectivity index (χ2n) is 12.1. The molecule has 182 valence electrons. The van der Waals surface area contributed by atoms with Crippen molar-refractivity contribution < 1.29 is 9.84 Å². The zero-order valence-corrected chi connectivity index (χ0v) is 20.6. The van der Waals surface area contributed by atoms with Crippen molar-refractivity contribution in [2.75, 3.05) is 26.2 Å². The van der Waals surface area contributed by atoms with Crippen LogP contribution in [-0.2, 0) is 11.8 Å². The number of benzene rings is 2. The topological polar surface area (TPSA) is 32.7 Å². The molecule has 4 saturated carbocycles. The van der Waals surface area contributed by atoms with Gasteiger partial charge in [0, 0.05) is 6.54 Å². The van der Waals surface area contributed by atoms with E-state index in [1.54, 1.807) is 0 Å². The molecule has 0 spiro atoms. The number of nitrogens with zero attached hydrogens (tertiary/aromatic N) is 1. The first-order valence-electron chi connectivity index (χ1n) is 13.8. The van der Waals surface area contributed by atoms with E-state index in [1.807, 2.05) is 0 Å². The number of ether oxygens (including phenoxy) is 1. The Morgan fingerprint density at radius 2 is 1.47 bits per heavy atom. The minimum atomic E-state index is -0.437. The van der Waals surface area contributed by atoms with E-state index < -0.39 is 6.10 Å². The van der Waals surface area contributed by atoms with Crippen LogP contribution in [0.5, 0.6) is 5.75 Å². The molecule has 1 aliphatic heterocycles. The summed E-state index contributed by atoms with van der Waals surface area (Å²) >= 11 is 0. The Morgan fingerprint density at radius 1 is 0.853 bits per heavy atom. The highest BCUT2D eigenvalue weighted by molar-refractivity contribution is 5.34. The van der Waals surface area contributed by atoms with Crippen molar-refractivity contribution in [3.63, 3.8) is 0 Å². The van der Waals surface area contributed by atoms with E-state index in [1.165, 1.54) is 68.9 Å². The highest BCUT2D eigenvalue weighted by Gasteiger charge is 2.51. The van der Waals surface area contributed by atoms with Crippen molar-refractivity contribution in [1.29, 1.82) is 0 Å². The van der Waals surface area contributed by atoms with E-state index in [0.29, 0.717) is 18.6 Å². The van der Waals surface area contributed by atoms with Gasteiger partial charge in [0.25, 0.3) is 0 Å². The Balaban J connectivity index is 0.954. The number of β-amino-alcohol motifs (C(OH)–C–C–N with tert-alkyl or cyclic N) is 1. The van der Waals surface area contributed by atoms with Crippen molar-refractivity contribution in [1.82, 2.24) is 4.90 Å². The maximum atomic E-state index is 10.6. The van der Waals surface area contributed by atoms with E-state index in [-0.39, 0.29) is 0 Å². The lowest BCUT2D eigenvalue weighted by atomic mass is 9.48. The van der Waals surface area contributed by atoms with Gasteiger partial charge in [-0.3, -0.25) is 0 Å². The first-order chi connectivity index (χ1) is 16.6. The summed E-state index contributed by atoms with van der Waals surface area (Å²) in [5.41, 5.74) is 3.43. The van der Waals surface area contributed by atoms with Gasteiger partial charge in [0.15, 0.2) is 0 Å². The molecule has 1 saturated heterocycles. The first-order valence-corrected chi connectivity index (χ1v) is 13.8. The maximum absolute atomic E-state index is 10.6. The van der Waals surface area contributed by atoms with Crippen molar-refractivity contribution in [2.45, 2.75) is 69.3 Å². The van der Waals surface area contributed by atoms with Gasteiger partial charge < -0.3 is 14.7 Å². The molecule has 0 aromatic heterocycles. The number of likely N-dealkylation sites (tertiary alicyclic amines) is 1. The molecule has 4 bridgehead atoms. The van der Waals surface area contributed by atoms with E-state index in [9.17, 15) is 5.11 Å². The van der Waals surface area contributed by atoms with E-state index in [4.69, 9.17) is 4.74 Å². The van der Waals surface area contributed by atoms with Crippen molar-refractivity contribution in [3.8, 4) is 5.75 Å². The van der Waals surface area contributed by atoms with Crippen molar-refractivity contribution >= 4 is 0 Å². The van der Waals surface area contributed by atoms with Gasteiger partial charge in [0.1, 0.15) is 18.5 Å². The molecule has 3 heteroatoms. The number of hydrogen-bond acceptors (Lipinski definition) is 3. The summed E-state index contributed by atoms with van der Waals surface area (Å²) in [4.78, 5) is 2.41. The molecule has 0 amide bonds. The lowest BCUT2D eigenvalue weighted by Gasteiger charge is -2.57. The Labute approximate surface area is 205 Å². The summed E-state index contributed by atoms with van der Waals surface area (Å²) in [7, 11) is 0. The average Bonchev–Trinajstić information content (AvgIpc) is 2.84. The molecule has 2 aromatic rings. The van der Waals surface area contributed by atoms with Crippen LogP contribution in [0.15, 0.2) is 54.6 Å². The largest absolute Gasteiger partial charge is 0.491 e. The summed E-state index contributed by atoms with van der Waals surface area (Å²) in [5.74, 6) is 4.58. The highest BCUT2D eigenvalue weighted by atomic mass is 16.5. The van der Waals surface area contributed by atoms with Crippen LogP contribution in [0.25, 0.3) is 0 Å². The number of hydrogen-bond donors (Lipinski definition) is 1. The Bertz CT molecular complexity index is 896. The smallest absolute Gasteiger partial charge is 0.119 e. The normalized spacial score (nSPS) is 32.1. The van der Waals surface area contributed by atoms with Gasteiger partial charge in [-0.1, -0.05) is 42.5 Å². The van der Waals surface area contributed by atoms with Gasteiger partial charge in [-0.05, 0) is 123 Å². The van der Waals surface area contributed by atoms with Crippen LogP contribution in [0.1, 0.15) is 62.5 Å². The maximum Gasteiger partial charge on any atom is 0.119 e. The molecular formula is C31H41NO2. The standard InChI is InChI=1S/C31H41NO2/c33-29(21-32-12-10-24(11-13-32)14-23-4-2-1-3-5-23)22-34-30-8-6-28(7-9-30)31-18-25-15-26(19-31)17-27(16-25)20-31/h1-9,24-27,29,33H,10-22H2/t25?,26?,27?,29-,31?/m1/s1. The summed E-state index contributed by atoms with van der Waals surface area (Å²) in [5, 5.41) is 10.6. The van der Waals surface area contributed by atoms with Crippen LogP contribution < -0.4 is 4.74 Å². The molecule has 5 aliphatic rings. The lowest BCUT2D eigenvalue weighted by molar-refractivity contribution is -0.00522. The van der Waals surface area contributed by atoms with E-state index in [0.717, 1.165) is 42.5 Å². The molecule has 1 atom stereocenters. The van der Waals surface area contributed by atoms with Gasteiger partial charge in [-0.25, -0.2) is 0 Å². The number of aliphatic hydroxyl groups is 1. The Morgan fingerprint density at radius 3 is 2.09 bits per heavy atom. The fraction of sp³-hybridized carbons (Fsp3) is 0.613. The molecule has 34 heavy (non-hydrogen) atoms. The van der Waals surface area contributed by atoms with Crippen LogP contribution in [0, 0.1) is 23.7 Å². The SMILES string of the molecule is O[C@@H](COc1ccc(C23CC4CC(CC(C4)C2)C3)cc1)CN1CCC(Cc2ccccc2)CC1. The predicted octanol–water partition coefficient (Wildman–Crippen LogP) is 5.85. The van der Waals surface area contributed by atoms with Crippen molar-refractivity contribution in [3.05, 3.63) is 65.7 Å². The predicted molar refractivity (Wildman–Crippen MR) is 137 cm³/mol. The number of aliphatic hydroxyl groups excluding tert-OH is 1. The summed E-state index contributed by atoms with van der Waals surface area (Å²) in [6.07, 6.45) is 11.9. The molecule has 3 nitrogen and oxygen atoms in total. The third-order valence-electron chi connectivity index (χ3n) is 9.49. The molecule has 1 N–H and O–H groups in total. The number of piperidine rings is 1. The summed E-state index contributed by atoms with van der Waals surface area (Å²) in [6.45, 7) is 3.24. The molecule has 7 rings (SSSR count). The van der Waals surface area contributed by atoms with Crippen LogP contribution >= 0.6 is 0 Å². The fourth-order valence-corrected chi connectivity index (χ4v) is 8.23. The van der Waals surface area contributed by atoms with Gasteiger partial charge in [-0.15, -0.1) is 0 Å². The zero-order valence-electron chi connectivity index (χ0n) is 20.6. The van der Waals surface area contributed by atoms with E-state index >= 15 is 0 Å². The van der Waals surface area contributed by atoms with Crippen LogP contribution in [-0.4, -0.2) is 42.4 Å². The minimum Gasteiger partial charge on any atom is -0.491 e. The van der Waals surface area contributed by atoms with Gasteiger partial charge in [0.2, 0.25) is 0 Å². The minimum absolute atomic E-state index is 0.376. The second-order valence-corrected chi connectivity index (χ2v) is 12.1. The average molecular weight is 460 g/mol. The summed E-state index contributed by atoms with van der Waals surface area (Å²) < 4.78 is 6.01. The second kappa shape index (κ2) is 9.66. The third kappa shape index (κ3) is 4.93. The molecular weight excluding hydrogens is 418 g/mol. The monoisotopic (exact) mass is 459 g/mol. The van der Waals surface area contributed by atoms with Gasteiger partial charge in [-0.2, -0.15) is 0 Å². The molecule has 4 aliphatic carbocycles. The summed E-state index contributed by atoms with van der Waals surface area (Å²) in [6, 6.07) is 19.8. The quantitative estimate of drug-likeness (QED) is 0.538. The molecule has 0 unspecified atom stereocenters. The molecule has 5 fully saturated rings. The third-order valence-corrected chi connectivity index (χ3v) is 9.49. The fourth-order valence-electron chi connectivity index (χ4n) is 8.23. The van der Waals surface area contributed by atoms with Crippen molar-refractivity contribution in [2.24, 2.45) is 23.7 Å². The van der Waals surface area contributed by atoms with Gasteiger partial charge >= 0.3 is 0 Å². The molecule has 1 heterocycles. The van der Waals surface area contributed by atoms with Crippen LogP contribution in [0.4, 0.5) is 0 Å². The Kier molecular flexibility index (Phi) is 6.43. The Hall–Kier alpha value is -1.84. The molecule has 2 aromatic carbocycles. The molecule has 0 radical (unpaired) electrons. The van der Waals surface area contributed by atoms with Crippen LogP contribution in [0.3, 0.4) is 0 Å².